The van der Waals surface area contributed by atoms with E-state index in [0.717, 1.165) is 16.5 Å². The molecule has 0 radical (unpaired) electrons. The van der Waals surface area contributed by atoms with E-state index in [4.69, 9.17) is 9.84 Å². The summed E-state index contributed by atoms with van der Waals surface area (Å²) in [7, 11) is 0. The van der Waals surface area contributed by atoms with Crippen molar-refractivity contribution in [2.24, 2.45) is 0 Å². The number of amides is 1. The number of carboxylic acids is 1. The molecule has 1 aromatic rings. The number of benzene rings is 1. The number of nitrogens with one attached hydrogen (secondary N) is 1. The second-order valence-electron chi connectivity index (χ2n) is 4.72. The molecule has 2 atom stereocenters. The van der Waals surface area contributed by atoms with E-state index in [1.807, 2.05) is 18.2 Å². The Morgan fingerprint density at radius 2 is 2.30 bits per heavy atom. The van der Waals surface area contributed by atoms with Gasteiger partial charge in [0.05, 0.1) is 12.5 Å². The van der Waals surface area contributed by atoms with Crippen molar-refractivity contribution in [1.82, 2.24) is 5.32 Å². The van der Waals surface area contributed by atoms with Gasteiger partial charge in [0.2, 0.25) is 5.91 Å². The van der Waals surface area contributed by atoms with Crippen LogP contribution in [0.1, 0.15) is 30.9 Å². The van der Waals surface area contributed by atoms with Gasteiger partial charge in [-0.25, -0.2) is 0 Å². The molecule has 2 rings (SSSR count). The number of carboxylic acid groups (broad SMARTS) is 1. The Hall–Kier alpha value is -1.40. The van der Waals surface area contributed by atoms with Crippen molar-refractivity contribution in [3.8, 4) is 0 Å². The van der Waals surface area contributed by atoms with Gasteiger partial charge in [-0.2, -0.15) is 0 Å². The third-order valence-corrected chi connectivity index (χ3v) is 3.66. The zero-order valence-corrected chi connectivity index (χ0v) is 12.4. The van der Waals surface area contributed by atoms with E-state index in [2.05, 4.69) is 21.2 Å². The molecular weight excluding hydrogens is 326 g/mol. The first-order valence-corrected chi connectivity index (χ1v) is 7.25. The normalized spacial score (nSPS) is 19.6. The summed E-state index contributed by atoms with van der Waals surface area (Å²) in [5.74, 6) is -1.20. The van der Waals surface area contributed by atoms with Crippen LogP contribution in [0.25, 0.3) is 0 Å². The van der Waals surface area contributed by atoms with Crippen LogP contribution >= 0.6 is 15.9 Å². The number of aliphatic carboxylic acids is 1. The fourth-order valence-electron chi connectivity index (χ4n) is 2.20. The molecule has 1 saturated heterocycles. The summed E-state index contributed by atoms with van der Waals surface area (Å²) in [5, 5.41) is 11.8. The van der Waals surface area contributed by atoms with Crippen molar-refractivity contribution < 1.29 is 19.4 Å². The van der Waals surface area contributed by atoms with E-state index in [1.54, 1.807) is 6.07 Å². The largest absolute Gasteiger partial charge is 0.481 e. The van der Waals surface area contributed by atoms with E-state index < -0.39 is 18.1 Å². The van der Waals surface area contributed by atoms with Crippen LogP contribution in [-0.2, 0) is 14.3 Å². The lowest BCUT2D eigenvalue weighted by atomic mass is 10.0. The first-order valence-electron chi connectivity index (χ1n) is 6.45. The lowest BCUT2D eigenvalue weighted by Crippen LogP contribution is -2.37. The Bertz CT molecular complexity index is 500. The highest BCUT2D eigenvalue weighted by Crippen LogP contribution is 2.22. The zero-order chi connectivity index (χ0) is 14.5. The van der Waals surface area contributed by atoms with Crippen LogP contribution < -0.4 is 5.32 Å². The second-order valence-corrected chi connectivity index (χ2v) is 5.63. The first kappa shape index (κ1) is 15.0. The maximum atomic E-state index is 12.1. The van der Waals surface area contributed by atoms with Crippen molar-refractivity contribution in [2.75, 3.05) is 6.61 Å². The van der Waals surface area contributed by atoms with Crippen molar-refractivity contribution in [3.63, 3.8) is 0 Å². The number of halogens is 1. The summed E-state index contributed by atoms with van der Waals surface area (Å²) in [6, 6.07) is 6.72. The quantitative estimate of drug-likeness (QED) is 0.861. The lowest BCUT2D eigenvalue weighted by Gasteiger charge is -2.20. The summed E-state index contributed by atoms with van der Waals surface area (Å²) in [4.78, 5) is 23.0. The fraction of sp³-hybridized carbons (Fsp3) is 0.429. The van der Waals surface area contributed by atoms with Crippen molar-refractivity contribution in [2.45, 2.75) is 31.4 Å². The Morgan fingerprint density at radius 1 is 1.50 bits per heavy atom. The molecule has 0 spiro atoms. The smallest absolute Gasteiger partial charge is 0.305 e. The third-order valence-electron chi connectivity index (χ3n) is 3.17. The molecule has 0 saturated carbocycles. The van der Waals surface area contributed by atoms with Gasteiger partial charge in [0.15, 0.2) is 0 Å². The average molecular weight is 342 g/mol. The molecule has 1 heterocycles. The van der Waals surface area contributed by atoms with E-state index in [0.29, 0.717) is 13.0 Å². The molecule has 2 N–H and O–H groups in total. The molecule has 0 bridgehead atoms. The van der Waals surface area contributed by atoms with Crippen LogP contribution in [0.4, 0.5) is 0 Å². The molecule has 1 fully saturated rings. The predicted octanol–water partition coefficient (Wildman–Crippen LogP) is 2.26. The number of hydrogen-bond acceptors (Lipinski definition) is 3. The molecule has 1 aromatic carbocycles. The van der Waals surface area contributed by atoms with Gasteiger partial charge in [-0.1, -0.05) is 28.1 Å². The minimum absolute atomic E-state index is 0.158. The molecule has 5 nitrogen and oxygen atoms in total. The van der Waals surface area contributed by atoms with E-state index in [1.165, 1.54) is 0 Å². The molecule has 1 aliphatic rings. The maximum Gasteiger partial charge on any atom is 0.305 e. The minimum atomic E-state index is -0.956. The SMILES string of the molecule is O=C(O)C[C@@H](NC(=O)[C@@H]1CCCO1)c1cccc(Br)c1. The van der Waals surface area contributed by atoms with Crippen LogP contribution in [0.3, 0.4) is 0 Å². The van der Waals surface area contributed by atoms with Gasteiger partial charge in [0.1, 0.15) is 6.10 Å². The first-order chi connectivity index (χ1) is 9.56. The van der Waals surface area contributed by atoms with Crippen LogP contribution in [0, 0.1) is 0 Å². The lowest BCUT2D eigenvalue weighted by molar-refractivity contribution is -0.138. The van der Waals surface area contributed by atoms with Crippen LogP contribution in [0.15, 0.2) is 28.7 Å². The third kappa shape index (κ3) is 4.05. The van der Waals surface area contributed by atoms with Gasteiger partial charge in [0.25, 0.3) is 0 Å². The summed E-state index contributed by atoms with van der Waals surface area (Å²) >= 11 is 3.34. The highest BCUT2D eigenvalue weighted by Gasteiger charge is 2.27. The van der Waals surface area contributed by atoms with E-state index in [-0.39, 0.29) is 12.3 Å². The maximum absolute atomic E-state index is 12.1. The molecular formula is C14H16BrNO4. The molecule has 0 unspecified atom stereocenters. The zero-order valence-electron chi connectivity index (χ0n) is 10.8. The number of rotatable bonds is 5. The molecule has 0 aliphatic carbocycles. The summed E-state index contributed by atoms with van der Waals surface area (Å²) in [6.45, 7) is 0.582. The van der Waals surface area contributed by atoms with Crippen molar-refractivity contribution >= 4 is 27.8 Å². The molecule has 0 aromatic heterocycles. The Balaban J connectivity index is 2.10. The van der Waals surface area contributed by atoms with Crippen LogP contribution in [-0.4, -0.2) is 29.7 Å². The minimum Gasteiger partial charge on any atom is -0.481 e. The molecule has 6 heteroatoms. The topological polar surface area (TPSA) is 75.6 Å². The van der Waals surface area contributed by atoms with Gasteiger partial charge >= 0.3 is 5.97 Å². The van der Waals surface area contributed by atoms with Crippen molar-refractivity contribution in [1.29, 1.82) is 0 Å². The monoisotopic (exact) mass is 341 g/mol. The summed E-state index contributed by atoms with van der Waals surface area (Å²) in [6.07, 6.45) is 0.927. The highest BCUT2D eigenvalue weighted by atomic mass is 79.9. The number of hydrogen-bond donors (Lipinski definition) is 2. The summed E-state index contributed by atoms with van der Waals surface area (Å²) in [5.41, 5.74) is 0.758. The highest BCUT2D eigenvalue weighted by molar-refractivity contribution is 9.10. The van der Waals surface area contributed by atoms with Crippen LogP contribution in [0.2, 0.25) is 0 Å². The van der Waals surface area contributed by atoms with Crippen molar-refractivity contribution in [3.05, 3.63) is 34.3 Å². The number of carbonyl (C=O) groups excluding carboxylic acids is 1. The van der Waals surface area contributed by atoms with Gasteiger partial charge in [-0.15, -0.1) is 0 Å². The second kappa shape index (κ2) is 6.85. The van der Waals surface area contributed by atoms with Gasteiger partial charge < -0.3 is 15.2 Å². The predicted molar refractivity (Wildman–Crippen MR) is 76.3 cm³/mol. The standard InChI is InChI=1S/C14H16BrNO4/c15-10-4-1-3-9(7-10)11(8-13(17)18)16-14(19)12-5-2-6-20-12/h1,3-4,7,11-12H,2,5-6,8H2,(H,16,19)(H,17,18)/t11-,12+/m1/s1. The average Bonchev–Trinajstić information content (AvgIpc) is 2.91. The molecule has 1 amide bonds. The molecule has 1 aliphatic heterocycles. The van der Waals surface area contributed by atoms with Gasteiger partial charge in [0, 0.05) is 11.1 Å². The fourth-order valence-corrected chi connectivity index (χ4v) is 2.62. The number of carbonyl (C=O) groups is 2. The number of ether oxygens (including phenoxy) is 1. The molecule has 20 heavy (non-hydrogen) atoms. The summed E-state index contributed by atoms with van der Waals surface area (Å²) < 4.78 is 6.16. The Morgan fingerprint density at radius 3 is 2.90 bits per heavy atom. The Labute approximate surface area is 125 Å². The molecule has 108 valence electrons. The van der Waals surface area contributed by atoms with Crippen LogP contribution in [0.5, 0.6) is 0 Å². The van der Waals surface area contributed by atoms with Gasteiger partial charge in [-0.05, 0) is 30.5 Å². The van der Waals surface area contributed by atoms with Gasteiger partial charge in [-0.3, -0.25) is 9.59 Å². The van der Waals surface area contributed by atoms with E-state index >= 15 is 0 Å². The Kier molecular flexibility index (Phi) is 5.14. The van der Waals surface area contributed by atoms with E-state index in [9.17, 15) is 9.59 Å².